The number of aromatic hydroxyl groups is 1. The molecule has 0 unspecified atom stereocenters. The van der Waals surface area contributed by atoms with Gasteiger partial charge >= 0.3 is 0 Å². The quantitative estimate of drug-likeness (QED) is 0.131. The average molecular weight is 537 g/mol. The number of phenols is 1. The Kier molecular flexibility index (Phi) is 11.9. The molecule has 0 bridgehead atoms. The molecule has 0 aromatic heterocycles. The first-order valence-electron chi connectivity index (χ1n) is 10.7. The minimum Gasteiger partial charge on any atom is -0.505 e. The van der Waals surface area contributed by atoms with Gasteiger partial charge in [-0.3, -0.25) is 4.55 Å². The van der Waals surface area contributed by atoms with Crippen molar-refractivity contribution in [3.8, 4) is 5.75 Å². The molecule has 0 radical (unpaired) electrons. The summed E-state index contributed by atoms with van der Waals surface area (Å²) in [5.41, 5.74) is 0.676. The molecule has 0 fully saturated rings. The third kappa shape index (κ3) is 9.53. The Morgan fingerprint density at radius 1 is 0.750 bits per heavy atom. The summed E-state index contributed by atoms with van der Waals surface area (Å²) in [6, 6.07) is 23.4. The summed E-state index contributed by atoms with van der Waals surface area (Å²) in [7, 11) is -6.28. The molecule has 9 nitrogen and oxygen atoms in total. The number of phenolic OH excluding ortho intramolecular Hbond substituents is 1. The van der Waals surface area contributed by atoms with E-state index in [1.165, 1.54) is 23.9 Å². The Hall–Kier alpha value is -3.06. The zero-order valence-electron chi connectivity index (χ0n) is 20.7. The van der Waals surface area contributed by atoms with E-state index < -0.39 is 21.0 Å². The molecule has 0 amide bonds. The number of azo groups is 1. The van der Waals surface area contributed by atoms with Crippen LogP contribution in [0.2, 0.25) is 0 Å². The predicted octanol–water partition coefficient (Wildman–Crippen LogP) is 7.52. The lowest BCUT2D eigenvalue weighted by atomic mass is 10.0. The third-order valence-corrected chi connectivity index (χ3v) is 5.34. The molecule has 0 spiro atoms. The molecular weight excluding hydrogens is 504 g/mol. The van der Waals surface area contributed by atoms with E-state index in [4.69, 9.17) is 4.55 Å². The smallest absolute Gasteiger partial charge is 0.261 e. The Labute approximate surface area is 213 Å². The van der Waals surface area contributed by atoms with Crippen LogP contribution >= 0.6 is 10.9 Å². The van der Waals surface area contributed by atoms with E-state index in [1.807, 2.05) is 26.8 Å². The second-order valence-corrected chi connectivity index (χ2v) is 10.1. The molecular formula is C25H32N2O7S2. The average Bonchev–Trinajstić information content (AvgIpc) is 2.81. The van der Waals surface area contributed by atoms with Crippen LogP contribution in [0.3, 0.4) is 0 Å². The van der Waals surface area contributed by atoms with Gasteiger partial charge in [0.1, 0.15) is 16.6 Å². The van der Waals surface area contributed by atoms with Crippen molar-refractivity contribution in [1.82, 2.24) is 0 Å². The summed E-state index contributed by atoms with van der Waals surface area (Å²) in [6.45, 7) is 5.81. The van der Waals surface area contributed by atoms with Gasteiger partial charge in [-0.25, -0.2) is 0 Å². The normalized spacial score (nSPS) is 11.6. The van der Waals surface area contributed by atoms with Gasteiger partial charge in [0.15, 0.2) is 5.75 Å². The molecule has 0 saturated carbocycles. The number of fused-ring (bicyclic) bond motifs is 2. The van der Waals surface area contributed by atoms with Gasteiger partial charge in [0.2, 0.25) is 0 Å². The molecule has 11 heteroatoms. The van der Waals surface area contributed by atoms with Crippen molar-refractivity contribution in [2.45, 2.75) is 25.7 Å². The van der Waals surface area contributed by atoms with E-state index in [1.54, 1.807) is 12.1 Å². The van der Waals surface area contributed by atoms with Crippen LogP contribution in [0.1, 0.15) is 19.4 Å². The Morgan fingerprint density at radius 2 is 1.17 bits per heavy atom. The molecule has 4 rings (SSSR count). The second-order valence-electron chi connectivity index (χ2n) is 7.14. The van der Waals surface area contributed by atoms with Crippen LogP contribution < -0.4 is 0 Å². The van der Waals surface area contributed by atoms with Gasteiger partial charge in [0, 0.05) is 12.4 Å². The summed E-state index contributed by atoms with van der Waals surface area (Å²) >= 11 is 0. The van der Waals surface area contributed by atoms with E-state index in [0.717, 1.165) is 5.56 Å². The van der Waals surface area contributed by atoms with Gasteiger partial charge in [-0.05, 0) is 34.7 Å². The molecule has 0 heterocycles. The lowest BCUT2D eigenvalue weighted by molar-refractivity contribution is 0.375. The van der Waals surface area contributed by atoms with Crippen molar-refractivity contribution >= 4 is 48.2 Å². The molecule has 0 aliphatic heterocycles. The highest BCUT2D eigenvalue weighted by Gasteiger charge is 2.25. The van der Waals surface area contributed by atoms with E-state index >= 15 is 0 Å². The molecule has 0 atom stereocenters. The fourth-order valence-electron chi connectivity index (χ4n) is 3.12. The third-order valence-electron chi connectivity index (χ3n) is 4.44. The van der Waals surface area contributed by atoms with Crippen LogP contribution in [0.5, 0.6) is 5.75 Å². The van der Waals surface area contributed by atoms with E-state index in [-0.39, 0.29) is 16.3 Å². The van der Waals surface area contributed by atoms with Crippen LogP contribution in [0.25, 0.3) is 21.5 Å². The zero-order chi connectivity index (χ0) is 27.5. The SMILES string of the molecule is CC.CN=Nc1c(S(O)(O)O)cc2cccc(C)c2c1O.CS(=O)(=O)O.c1ccc2ccccc2c1. The first kappa shape index (κ1) is 31.0. The van der Waals surface area contributed by atoms with Crippen molar-refractivity contribution in [3.63, 3.8) is 0 Å². The monoisotopic (exact) mass is 536 g/mol. The molecule has 4 aromatic carbocycles. The molecule has 36 heavy (non-hydrogen) atoms. The van der Waals surface area contributed by atoms with Crippen LogP contribution in [0, 0.1) is 6.92 Å². The van der Waals surface area contributed by atoms with Crippen LogP contribution in [0.4, 0.5) is 5.69 Å². The molecule has 4 aromatic rings. The highest BCUT2D eigenvalue weighted by molar-refractivity contribution is 8.19. The Bertz CT molecular complexity index is 1340. The van der Waals surface area contributed by atoms with Crippen molar-refractivity contribution < 1.29 is 31.7 Å². The summed E-state index contributed by atoms with van der Waals surface area (Å²) in [5.74, 6) is -0.231. The summed E-state index contributed by atoms with van der Waals surface area (Å²) in [4.78, 5) is -0.242. The summed E-state index contributed by atoms with van der Waals surface area (Å²) in [5, 5.41) is 21.2. The van der Waals surface area contributed by atoms with Gasteiger partial charge in [-0.15, -0.1) is 0 Å². The number of hydrogen-bond donors (Lipinski definition) is 5. The van der Waals surface area contributed by atoms with E-state index in [9.17, 15) is 27.2 Å². The van der Waals surface area contributed by atoms with Gasteiger partial charge in [0.05, 0.1) is 11.2 Å². The van der Waals surface area contributed by atoms with Crippen molar-refractivity contribution in [3.05, 3.63) is 78.4 Å². The Morgan fingerprint density at radius 3 is 1.56 bits per heavy atom. The fraction of sp³-hybridized carbons (Fsp3) is 0.200. The lowest BCUT2D eigenvalue weighted by Crippen LogP contribution is -1.97. The van der Waals surface area contributed by atoms with Crippen molar-refractivity contribution in [2.24, 2.45) is 10.2 Å². The maximum Gasteiger partial charge on any atom is 0.261 e. The van der Waals surface area contributed by atoms with Crippen LogP contribution in [-0.2, 0) is 10.1 Å². The molecule has 5 N–H and O–H groups in total. The van der Waals surface area contributed by atoms with Gasteiger partial charge in [-0.2, -0.15) is 18.6 Å². The highest BCUT2D eigenvalue weighted by Crippen LogP contribution is 2.54. The first-order valence-corrected chi connectivity index (χ1v) is 14.1. The lowest BCUT2D eigenvalue weighted by Gasteiger charge is -2.22. The number of rotatable bonds is 2. The van der Waals surface area contributed by atoms with Crippen LogP contribution in [0.15, 0.2) is 87.9 Å². The number of hydrogen-bond acceptors (Lipinski definition) is 8. The topological polar surface area (TPSA) is 160 Å². The highest BCUT2D eigenvalue weighted by atomic mass is 32.3. The van der Waals surface area contributed by atoms with Crippen LogP contribution in [-0.4, -0.2) is 45.0 Å². The maximum atomic E-state index is 10.2. The van der Waals surface area contributed by atoms with E-state index in [0.29, 0.717) is 17.0 Å². The zero-order valence-corrected chi connectivity index (χ0v) is 22.3. The van der Waals surface area contributed by atoms with Crippen molar-refractivity contribution in [2.75, 3.05) is 13.3 Å². The fourth-order valence-corrected chi connectivity index (χ4v) is 3.80. The van der Waals surface area contributed by atoms with E-state index in [2.05, 4.69) is 58.8 Å². The number of aryl methyl sites for hydroxylation is 1. The van der Waals surface area contributed by atoms with Gasteiger partial charge < -0.3 is 18.8 Å². The second kappa shape index (κ2) is 13.9. The van der Waals surface area contributed by atoms with Crippen molar-refractivity contribution in [1.29, 1.82) is 0 Å². The first-order chi connectivity index (χ1) is 16.8. The minimum absolute atomic E-state index is 0.133. The largest absolute Gasteiger partial charge is 0.505 e. The predicted molar refractivity (Wildman–Crippen MR) is 147 cm³/mol. The maximum absolute atomic E-state index is 10.2. The summed E-state index contributed by atoms with van der Waals surface area (Å²) in [6.07, 6.45) is 0.715. The molecule has 0 aliphatic rings. The number of nitrogens with zero attached hydrogens (tertiary/aromatic N) is 2. The molecule has 0 aliphatic carbocycles. The van der Waals surface area contributed by atoms with Gasteiger partial charge in [-0.1, -0.05) is 80.6 Å². The number of benzene rings is 4. The Balaban J connectivity index is 0.000000316. The standard InChI is InChI=1S/C12H14N2O4S.C10H8.C2H6.CH4O3S/c1-7-4-3-5-8-6-9(19(16,17)18)11(14-13-2)12(15)10(7)8;1-2-6-10-8-4-3-7-9(10)5-1;1-2;1-5(2,3)4/h3-6,15-18H,1-2H3;1-8H;1-2H3;1H3,(H,2,3,4). The van der Waals surface area contributed by atoms with Gasteiger partial charge in [0.25, 0.3) is 10.1 Å². The molecule has 0 saturated heterocycles. The minimum atomic E-state index is -4.00. The summed E-state index contributed by atoms with van der Waals surface area (Å²) < 4.78 is 54.2. The molecule has 196 valence electrons.